The van der Waals surface area contributed by atoms with Crippen LogP contribution < -0.4 is 10.5 Å². The average Bonchev–Trinajstić information content (AvgIpc) is 2.94. The number of thiazole rings is 1. The first kappa shape index (κ1) is 19.9. The number of aryl methyl sites for hydroxylation is 1. The number of hydrogen-bond acceptors (Lipinski definition) is 5. The molecule has 3 rings (SSSR count). The van der Waals surface area contributed by atoms with Crippen molar-refractivity contribution in [1.82, 2.24) is 14.8 Å². The molecule has 1 aliphatic heterocycles. The molecule has 2 aromatic rings. The number of carbonyl (C=O) groups is 2. The first-order valence-electron chi connectivity index (χ1n) is 9.16. The van der Waals surface area contributed by atoms with Gasteiger partial charge in [-0.25, -0.2) is 9.78 Å². The van der Waals surface area contributed by atoms with Gasteiger partial charge in [0.05, 0.1) is 10.7 Å². The molecule has 148 valence electrons. The van der Waals surface area contributed by atoms with Crippen LogP contribution in [0.1, 0.15) is 22.7 Å². The first-order chi connectivity index (χ1) is 13.5. The predicted octanol–water partition coefficient (Wildman–Crippen LogP) is 2.66. The van der Waals surface area contributed by atoms with E-state index < -0.39 is 6.03 Å². The van der Waals surface area contributed by atoms with Crippen LogP contribution in [0.4, 0.5) is 4.79 Å². The van der Waals surface area contributed by atoms with Crippen LogP contribution in [0.15, 0.2) is 35.7 Å². The number of carbonyl (C=O) groups excluding carboxylic acids is 2. The van der Waals surface area contributed by atoms with Crippen molar-refractivity contribution in [2.24, 2.45) is 5.73 Å². The van der Waals surface area contributed by atoms with Crippen molar-refractivity contribution >= 4 is 29.4 Å². The van der Waals surface area contributed by atoms with Gasteiger partial charge in [0.1, 0.15) is 12.4 Å². The van der Waals surface area contributed by atoms with E-state index in [-0.39, 0.29) is 5.91 Å². The molecule has 3 amide bonds. The topological polar surface area (TPSA) is 88.8 Å². The van der Waals surface area contributed by atoms with Gasteiger partial charge >= 0.3 is 6.03 Å². The monoisotopic (exact) mass is 400 g/mol. The highest BCUT2D eigenvalue weighted by atomic mass is 32.1. The summed E-state index contributed by atoms with van der Waals surface area (Å²) in [7, 11) is 0. The van der Waals surface area contributed by atoms with Crippen molar-refractivity contribution in [3.8, 4) is 5.75 Å². The number of rotatable bonds is 5. The van der Waals surface area contributed by atoms with E-state index in [0.29, 0.717) is 32.8 Å². The Morgan fingerprint density at radius 2 is 2.04 bits per heavy atom. The lowest BCUT2D eigenvalue weighted by Crippen LogP contribution is -2.39. The Kier molecular flexibility index (Phi) is 6.65. The number of aromatic nitrogens is 1. The highest BCUT2D eigenvalue weighted by Gasteiger charge is 2.19. The number of nitrogens with two attached hydrogens (primary N) is 1. The minimum atomic E-state index is -0.436. The minimum Gasteiger partial charge on any atom is -0.487 e. The highest BCUT2D eigenvalue weighted by molar-refractivity contribution is 7.09. The third kappa shape index (κ3) is 5.56. The van der Waals surface area contributed by atoms with Gasteiger partial charge in [0.15, 0.2) is 0 Å². The average molecular weight is 401 g/mol. The Morgan fingerprint density at radius 3 is 2.79 bits per heavy atom. The van der Waals surface area contributed by atoms with E-state index in [0.717, 1.165) is 28.4 Å². The third-order valence-electron chi connectivity index (χ3n) is 4.45. The number of nitrogens with zero attached hydrogens (tertiary/aromatic N) is 3. The van der Waals surface area contributed by atoms with Gasteiger partial charge in [-0.3, -0.25) is 4.79 Å². The van der Waals surface area contributed by atoms with Crippen molar-refractivity contribution in [2.45, 2.75) is 20.0 Å². The zero-order valence-corrected chi connectivity index (χ0v) is 16.7. The zero-order valence-electron chi connectivity index (χ0n) is 15.8. The summed E-state index contributed by atoms with van der Waals surface area (Å²) in [5, 5.41) is 3.00. The van der Waals surface area contributed by atoms with Crippen LogP contribution in [0.25, 0.3) is 6.08 Å². The van der Waals surface area contributed by atoms with Crippen LogP contribution in [0.3, 0.4) is 0 Å². The molecule has 0 aliphatic carbocycles. The molecule has 2 N–H and O–H groups in total. The molecule has 1 aromatic heterocycles. The van der Waals surface area contributed by atoms with Crippen molar-refractivity contribution in [2.75, 3.05) is 26.2 Å². The van der Waals surface area contributed by atoms with E-state index in [1.165, 1.54) is 0 Å². The predicted molar refractivity (Wildman–Crippen MR) is 109 cm³/mol. The molecule has 0 radical (unpaired) electrons. The molecule has 0 unspecified atom stereocenters. The van der Waals surface area contributed by atoms with Gasteiger partial charge in [-0.15, -0.1) is 11.3 Å². The molecule has 0 spiro atoms. The molecule has 1 aliphatic rings. The normalized spacial score (nSPS) is 14.9. The fourth-order valence-corrected chi connectivity index (χ4v) is 3.57. The van der Waals surface area contributed by atoms with Crippen molar-refractivity contribution in [1.29, 1.82) is 0 Å². The van der Waals surface area contributed by atoms with Crippen LogP contribution in [0.2, 0.25) is 0 Å². The van der Waals surface area contributed by atoms with E-state index in [4.69, 9.17) is 10.5 Å². The van der Waals surface area contributed by atoms with Crippen molar-refractivity contribution in [3.05, 3.63) is 52.0 Å². The van der Waals surface area contributed by atoms with Crippen LogP contribution in [0, 0.1) is 6.92 Å². The molecule has 0 bridgehead atoms. The quantitative estimate of drug-likeness (QED) is 0.782. The molecule has 1 fully saturated rings. The van der Waals surface area contributed by atoms with Gasteiger partial charge in [-0.2, -0.15) is 0 Å². The van der Waals surface area contributed by atoms with E-state index in [1.54, 1.807) is 33.3 Å². The summed E-state index contributed by atoms with van der Waals surface area (Å²) in [6, 6.07) is 7.14. The molecule has 0 atom stereocenters. The second-order valence-electron chi connectivity index (χ2n) is 6.56. The van der Waals surface area contributed by atoms with Gasteiger partial charge in [-0.05, 0) is 37.1 Å². The van der Waals surface area contributed by atoms with E-state index in [9.17, 15) is 9.59 Å². The molecule has 2 heterocycles. The molecule has 8 heteroatoms. The van der Waals surface area contributed by atoms with E-state index in [1.807, 2.05) is 36.6 Å². The summed E-state index contributed by atoms with van der Waals surface area (Å²) < 4.78 is 5.79. The van der Waals surface area contributed by atoms with Crippen LogP contribution in [-0.4, -0.2) is 52.9 Å². The van der Waals surface area contributed by atoms with Gasteiger partial charge < -0.3 is 20.3 Å². The number of ether oxygens (including phenoxy) is 1. The summed E-state index contributed by atoms with van der Waals surface area (Å²) in [4.78, 5) is 31.4. The zero-order chi connectivity index (χ0) is 19.9. The fraction of sp³-hybridized carbons (Fsp3) is 0.350. The minimum absolute atomic E-state index is 0.0735. The van der Waals surface area contributed by atoms with E-state index >= 15 is 0 Å². The third-order valence-corrected chi connectivity index (χ3v) is 5.27. The molecular weight excluding hydrogens is 376 g/mol. The summed E-state index contributed by atoms with van der Waals surface area (Å²) >= 11 is 1.60. The largest absolute Gasteiger partial charge is 0.487 e. The summed E-state index contributed by atoms with van der Waals surface area (Å²) in [6.07, 6.45) is 4.06. The molecular formula is C20H24N4O3S. The maximum Gasteiger partial charge on any atom is 0.314 e. The van der Waals surface area contributed by atoms with E-state index in [2.05, 4.69) is 4.98 Å². The Hall–Kier alpha value is -2.87. The Balaban J connectivity index is 1.56. The first-order valence-corrected chi connectivity index (χ1v) is 10.0. The Labute approximate surface area is 168 Å². The standard InChI is InChI=1S/C20H24N4O3S/c1-15-22-17(14-28-15)13-27-18-5-2-4-16(12-18)6-7-19(25)23-8-3-9-24(11-10-23)20(21)26/h2,4-7,12,14H,3,8-11,13H2,1H3,(H2,21,26). The summed E-state index contributed by atoms with van der Waals surface area (Å²) in [6.45, 7) is 4.54. The van der Waals surface area contributed by atoms with Gasteiger partial charge in [0.25, 0.3) is 0 Å². The maximum absolute atomic E-state index is 12.5. The van der Waals surface area contributed by atoms with Gasteiger partial charge in [-0.1, -0.05) is 12.1 Å². The lowest BCUT2D eigenvalue weighted by Gasteiger charge is -2.19. The Morgan fingerprint density at radius 1 is 1.25 bits per heavy atom. The van der Waals surface area contributed by atoms with Crippen LogP contribution >= 0.6 is 11.3 Å². The van der Waals surface area contributed by atoms with Crippen molar-refractivity contribution < 1.29 is 14.3 Å². The highest BCUT2D eigenvalue weighted by Crippen LogP contribution is 2.17. The lowest BCUT2D eigenvalue weighted by molar-refractivity contribution is -0.125. The number of primary amides is 1. The molecule has 1 saturated heterocycles. The van der Waals surface area contributed by atoms with Gasteiger partial charge in [0.2, 0.25) is 5.91 Å². The second kappa shape index (κ2) is 9.36. The fourth-order valence-electron chi connectivity index (χ4n) is 2.97. The summed E-state index contributed by atoms with van der Waals surface area (Å²) in [5.41, 5.74) is 7.11. The molecule has 7 nitrogen and oxygen atoms in total. The second-order valence-corrected chi connectivity index (χ2v) is 7.62. The van der Waals surface area contributed by atoms with Crippen LogP contribution in [0.5, 0.6) is 5.75 Å². The van der Waals surface area contributed by atoms with Gasteiger partial charge in [0, 0.05) is 37.6 Å². The molecule has 1 aromatic carbocycles. The number of benzene rings is 1. The molecule has 0 saturated carbocycles. The number of urea groups is 1. The van der Waals surface area contributed by atoms with Crippen molar-refractivity contribution in [3.63, 3.8) is 0 Å². The number of amides is 3. The maximum atomic E-state index is 12.5. The smallest absolute Gasteiger partial charge is 0.314 e. The molecule has 28 heavy (non-hydrogen) atoms. The summed E-state index contributed by atoms with van der Waals surface area (Å²) in [5.74, 6) is 0.655. The SMILES string of the molecule is Cc1nc(COc2cccc(C=CC(=O)N3CCCN(C(N)=O)CC3)c2)cs1. The number of hydrogen-bond donors (Lipinski definition) is 1. The van der Waals surface area contributed by atoms with Crippen LogP contribution in [-0.2, 0) is 11.4 Å². The Bertz CT molecular complexity index is 865. The lowest BCUT2D eigenvalue weighted by atomic mass is 10.2.